The van der Waals surface area contributed by atoms with Crippen molar-refractivity contribution >= 4 is 33.5 Å². The van der Waals surface area contributed by atoms with Gasteiger partial charge in [-0.3, -0.25) is 9.59 Å². The number of hydrogen-bond donors (Lipinski definition) is 1. The van der Waals surface area contributed by atoms with Gasteiger partial charge in [-0.25, -0.2) is 0 Å². The van der Waals surface area contributed by atoms with Gasteiger partial charge in [0.25, 0.3) is 0 Å². The Bertz CT molecular complexity index is 377. The number of ether oxygens (including phenoxy) is 5. The van der Waals surface area contributed by atoms with Crippen molar-refractivity contribution in [3.63, 3.8) is 0 Å². The summed E-state index contributed by atoms with van der Waals surface area (Å²) in [5.41, 5.74) is 0. The van der Waals surface area contributed by atoms with Gasteiger partial charge in [-0.2, -0.15) is 0 Å². The molecule has 0 rings (SSSR count). The smallest absolute Gasteiger partial charge is 0.306 e. The predicted octanol–water partition coefficient (Wildman–Crippen LogP) is 2.94. The summed E-state index contributed by atoms with van der Waals surface area (Å²) < 4.78 is 26.0. The van der Waals surface area contributed by atoms with E-state index in [0.717, 1.165) is 18.8 Å². The summed E-state index contributed by atoms with van der Waals surface area (Å²) in [5.74, 6) is 1.27. The Kier molecular flexibility index (Phi) is 30.1. The van der Waals surface area contributed by atoms with E-state index in [1.54, 1.807) is 21.6 Å². The molecule has 0 aliphatic carbocycles. The van der Waals surface area contributed by atoms with Crippen molar-refractivity contribution < 1.29 is 33.3 Å². The van der Waals surface area contributed by atoms with Crippen LogP contribution in [0.4, 0.5) is 0 Å². The van der Waals surface area contributed by atoms with Gasteiger partial charge >= 0.3 is 5.97 Å². The Morgan fingerprint density at radius 2 is 1.23 bits per heavy atom. The highest BCUT2D eigenvalue weighted by Crippen LogP contribution is 2.21. The maximum atomic E-state index is 11.6. The van der Waals surface area contributed by atoms with Crippen LogP contribution in [0, 0.1) is 0 Å². The lowest BCUT2D eigenvalue weighted by molar-refractivity contribution is -0.140. The molecule has 0 radical (unpaired) electrons. The standard InChI is InChI=1S/C18H35NO7S2.C2H6/c1-3-7-23-9-11-25-13-14-26-12-10-24-8-4-17(20)19-6-16-28-27-15-5-18(21)22-2;1-2/h3-16H2,1-2H3,(H,19,20);1-2H3. The molecular weight excluding hydrogens is 430 g/mol. The molecule has 8 nitrogen and oxygen atoms in total. The molecule has 0 saturated carbocycles. The second-order valence-corrected chi connectivity index (χ2v) is 8.22. The van der Waals surface area contributed by atoms with Crippen LogP contribution in [0.5, 0.6) is 0 Å². The molecule has 0 saturated heterocycles. The third-order valence-electron chi connectivity index (χ3n) is 3.15. The zero-order valence-electron chi connectivity index (χ0n) is 19.1. The van der Waals surface area contributed by atoms with Crippen molar-refractivity contribution in [2.24, 2.45) is 0 Å². The van der Waals surface area contributed by atoms with Gasteiger partial charge in [-0.05, 0) is 6.42 Å². The molecule has 0 atom stereocenters. The topological polar surface area (TPSA) is 92.3 Å². The molecule has 0 aromatic heterocycles. The normalized spacial score (nSPS) is 10.3. The lowest BCUT2D eigenvalue weighted by Gasteiger charge is -2.07. The van der Waals surface area contributed by atoms with E-state index in [4.69, 9.17) is 18.9 Å². The number of rotatable bonds is 21. The summed E-state index contributed by atoms with van der Waals surface area (Å²) in [5, 5.41) is 2.83. The average molecular weight is 472 g/mol. The first-order valence-corrected chi connectivity index (χ1v) is 13.1. The largest absolute Gasteiger partial charge is 0.469 e. The third kappa shape index (κ3) is 27.5. The Labute approximate surface area is 190 Å². The molecule has 0 unspecified atom stereocenters. The first-order chi connectivity index (χ1) is 14.7. The number of carbonyl (C=O) groups is 2. The van der Waals surface area contributed by atoms with Gasteiger partial charge in [0.05, 0.1) is 59.8 Å². The molecule has 180 valence electrons. The summed E-state index contributed by atoms with van der Waals surface area (Å²) >= 11 is 0. The number of hydrogen-bond acceptors (Lipinski definition) is 9. The molecule has 1 N–H and O–H groups in total. The van der Waals surface area contributed by atoms with Gasteiger partial charge in [0.15, 0.2) is 0 Å². The molecule has 0 aliphatic heterocycles. The van der Waals surface area contributed by atoms with Crippen molar-refractivity contribution in [2.75, 3.05) is 78.0 Å². The second-order valence-electron chi connectivity index (χ2n) is 5.52. The van der Waals surface area contributed by atoms with E-state index < -0.39 is 0 Å². The quantitative estimate of drug-likeness (QED) is 0.154. The number of nitrogens with one attached hydrogen (secondary N) is 1. The average Bonchev–Trinajstić information content (AvgIpc) is 2.77. The van der Waals surface area contributed by atoms with Gasteiger partial charge < -0.3 is 29.0 Å². The van der Waals surface area contributed by atoms with E-state index in [2.05, 4.69) is 17.0 Å². The van der Waals surface area contributed by atoms with Crippen LogP contribution >= 0.6 is 21.6 Å². The highest BCUT2D eigenvalue weighted by Gasteiger charge is 2.02. The Morgan fingerprint density at radius 1 is 0.733 bits per heavy atom. The van der Waals surface area contributed by atoms with Crippen LogP contribution in [0.3, 0.4) is 0 Å². The van der Waals surface area contributed by atoms with Crippen molar-refractivity contribution in [1.29, 1.82) is 0 Å². The van der Waals surface area contributed by atoms with E-state index in [9.17, 15) is 9.59 Å². The maximum absolute atomic E-state index is 11.6. The van der Waals surface area contributed by atoms with Crippen LogP contribution in [-0.2, 0) is 33.3 Å². The molecule has 0 heterocycles. The highest BCUT2D eigenvalue weighted by atomic mass is 33.1. The summed E-state index contributed by atoms with van der Waals surface area (Å²) in [6.07, 6.45) is 1.76. The summed E-state index contributed by atoms with van der Waals surface area (Å²) in [6, 6.07) is 0. The van der Waals surface area contributed by atoms with Crippen LogP contribution in [-0.4, -0.2) is 89.9 Å². The minimum Gasteiger partial charge on any atom is -0.469 e. The molecule has 0 fully saturated rings. The van der Waals surface area contributed by atoms with Gasteiger partial charge in [0.1, 0.15) is 0 Å². The van der Waals surface area contributed by atoms with Crippen LogP contribution in [0.15, 0.2) is 0 Å². The Balaban J connectivity index is 0. The fourth-order valence-electron chi connectivity index (χ4n) is 1.74. The number of esters is 1. The van der Waals surface area contributed by atoms with Crippen LogP contribution in [0.25, 0.3) is 0 Å². The lowest BCUT2D eigenvalue weighted by atomic mass is 10.4. The van der Waals surface area contributed by atoms with Crippen molar-refractivity contribution in [1.82, 2.24) is 5.32 Å². The molecule has 30 heavy (non-hydrogen) atoms. The first-order valence-electron chi connectivity index (χ1n) is 10.6. The predicted molar refractivity (Wildman–Crippen MR) is 124 cm³/mol. The van der Waals surface area contributed by atoms with E-state index >= 15 is 0 Å². The van der Waals surface area contributed by atoms with Gasteiger partial charge in [0, 0.05) is 31.1 Å². The molecule has 0 bridgehead atoms. The first kappa shape index (κ1) is 31.7. The van der Waals surface area contributed by atoms with E-state index in [-0.39, 0.29) is 11.9 Å². The molecule has 0 aromatic carbocycles. The molecular formula is C20H41NO7S2. The molecule has 0 spiro atoms. The molecule has 10 heteroatoms. The van der Waals surface area contributed by atoms with E-state index in [0.29, 0.717) is 71.4 Å². The summed E-state index contributed by atoms with van der Waals surface area (Å²) in [4.78, 5) is 22.6. The Morgan fingerprint density at radius 3 is 1.77 bits per heavy atom. The zero-order valence-corrected chi connectivity index (χ0v) is 20.7. The van der Waals surface area contributed by atoms with Gasteiger partial charge in [-0.15, -0.1) is 0 Å². The molecule has 0 aliphatic rings. The number of carbonyl (C=O) groups excluding carboxylic acids is 2. The fraction of sp³-hybridized carbons (Fsp3) is 0.900. The van der Waals surface area contributed by atoms with Crippen molar-refractivity contribution in [3.8, 4) is 0 Å². The highest BCUT2D eigenvalue weighted by molar-refractivity contribution is 8.76. The number of amides is 1. The van der Waals surface area contributed by atoms with Crippen LogP contribution < -0.4 is 5.32 Å². The monoisotopic (exact) mass is 471 g/mol. The molecule has 1 amide bonds. The SMILES string of the molecule is CC.CCCOCCOCCOCCOCCC(=O)NCCSSCCC(=O)OC. The van der Waals surface area contributed by atoms with Gasteiger partial charge in [-0.1, -0.05) is 42.4 Å². The van der Waals surface area contributed by atoms with E-state index in [1.165, 1.54) is 7.11 Å². The van der Waals surface area contributed by atoms with Crippen molar-refractivity contribution in [3.05, 3.63) is 0 Å². The lowest BCUT2D eigenvalue weighted by Crippen LogP contribution is -2.26. The van der Waals surface area contributed by atoms with Crippen molar-refractivity contribution in [2.45, 2.75) is 40.0 Å². The Hall–Kier alpha value is -0.520. The second kappa shape index (κ2) is 28.5. The molecule has 0 aromatic rings. The van der Waals surface area contributed by atoms with E-state index in [1.807, 2.05) is 13.8 Å². The number of methoxy groups -OCH3 is 1. The third-order valence-corrected chi connectivity index (χ3v) is 5.55. The van der Waals surface area contributed by atoms with Crippen LogP contribution in [0.2, 0.25) is 0 Å². The summed E-state index contributed by atoms with van der Waals surface area (Å²) in [6.45, 7) is 11.0. The minimum absolute atomic E-state index is 0.0280. The van der Waals surface area contributed by atoms with Crippen LogP contribution in [0.1, 0.15) is 40.0 Å². The maximum Gasteiger partial charge on any atom is 0.306 e. The minimum atomic E-state index is -0.201. The fourth-order valence-corrected chi connectivity index (χ4v) is 3.61. The van der Waals surface area contributed by atoms with Gasteiger partial charge in [0.2, 0.25) is 5.91 Å². The summed E-state index contributed by atoms with van der Waals surface area (Å²) in [7, 11) is 4.61. The zero-order chi connectivity index (χ0) is 22.7.